The van der Waals surface area contributed by atoms with Crippen LogP contribution in [0.5, 0.6) is 0 Å². The van der Waals surface area contributed by atoms with Crippen molar-refractivity contribution in [1.29, 1.82) is 0 Å². The van der Waals surface area contributed by atoms with E-state index in [1.807, 2.05) is 26.2 Å². The zero-order valence-electron chi connectivity index (χ0n) is 9.61. The Morgan fingerprint density at radius 2 is 2.27 bits per heavy atom. The van der Waals surface area contributed by atoms with Crippen LogP contribution >= 0.6 is 0 Å². The Bertz CT molecular complexity index is 294. The molecule has 1 unspecified atom stereocenters. The van der Waals surface area contributed by atoms with E-state index in [2.05, 4.69) is 9.55 Å². The molecule has 3 N–H and O–H groups in total. The standard InChI is InChI=1S/C11H21N3O/c1-10-13-6-8-14(10)7-4-3-5-11(2,12)9-15/h6,8,15H,3-5,7,9,12H2,1-2H3. The lowest BCUT2D eigenvalue weighted by Gasteiger charge is -2.21. The SMILES string of the molecule is Cc1nccn1CCCCC(C)(N)CO. The van der Waals surface area contributed by atoms with Gasteiger partial charge in [-0.1, -0.05) is 0 Å². The van der Waals surface area contributed by atoms with Gasteiger partial charge < -0.3 is 15.4 Å². The Morgan fingerprint density at radius 1 is 1.53 bits per heavy atom. The smallest absolute Gasteiger partial charge is 0.105 e. The molecule has 0 bridgehead atoms. The molecule has 1 rings (SSSR count). The van der Waals surface area contributed by atoms with Crippen LogP contribution in [-0.2, 0) is 6.54 Å². The number of aryl methyl sites for hydroxylation is 2. The molecule has 86 valence electrons. The van der Waals surface area contributed by atoms with Gasteiger partial charge in [-0.25, -0.2) is 4.98 Å². The topological polar surface area (TPSA) is 64.1 Å². The van der Waals surface area contributed by atoms with Crippen molar-refractivity contribution in [1.82, 2.24) is 9.55 Å². The number of aromatic nitrogens is 2. The molecule has 0 aromatic carbocycles. The van der Waals surface area contributed by atoms with Gasteiger partial charge in [-0.2, -0.15) is 0 Å². The monoisotopic (exact) mass is 211 g/mol. The van der Waals surface area contributed by atoms with Crippen molar-refractivity contribution >= 4 is 0 Å². The first-order chi connectivity index (χ1) is 7.05. The van der Waals surface area contributed by atoms with Gasteiger partial charge in [0.1, 0.15) is 5.82 Å². The highest BCUT2D eigenvalue weighted by molar-refractivity contribution is 4.88. The summed E-state index contributed by atoms with van der Waals surface area (Å²) in [4.78, 5) is 4.16. The Kier molecular flexibility index (Phi) is 4.29. The molecule has 0 spiro atoms. The van der Waals surface area contributed by atoms with Crippen molar-refractivity contribution in [2.75, 3.05) is 6.61 Å². The summed E-state index contributed by atoms with van der Waals surface area (Å²) in [6, 6.07) is 0. The molecule has 15 heavy (non-hydrogen) atoms. The summed E-state index contributed by atoms with van der Waals surface area (Å²) in [5, 5.41) is 8.98. The molecule has 0 fully saturated rings. The molecule has 0 amide bonds. The molecule has 0 aliphatic carbocycles. The van der Waals surface area contributed by atoms with E-state index in [1.54, 1.807) is 0 Å². The first-order valence-electron chi connectivity index (χ1n) is 5.43. The molecule has 0 saturated carbocycles. The molecular weight excluding hydrogens is 190 g/mol. The van der Waals surface area contributed by atoms with Crippen molar-refractivity contribution in [3.8, 4) is 0 Å². The Hall–Kier alpha value is -0.870. The van der Waals surface area contributed by atoms with E-state index < -0.39 is 5.54 Å². The van der Waals surface area contributed by atoms with Gasteiger partial charge in [0.15, 0.2) is 0 Å². The predicted octanol–water partition coefficient (Wildman–Crippen LogP) is 1.07. The molecule has 4 heteroatoms. The van der Waals surface area contributed by atoms with E-state index in [-0.39, 0.29) is 6.61 Å². The van der Waals surface area contributed by atoms with Crippen LogP contribution in [0.4, 0.5) is 0 Å². The number of nitrogens with zero attached hydrogens (tertiary/aromatic N) is 2. The van der Waals surface area contributed by atoms with Gasteiger partial charge in [-0.15, -0.1) is 0 Å². The van der Waals surface area contributed by atoms with Gasteiger partial charge in [-0.3, -0.25) is 0 Å². The lowest BCUT2D eigenvalue weighted by atomic mass is 9.97. The normalized spacial score (nSPS) is 15.2. The molecule has 0 radical (unpaired) electrons. The summed E-state index contributed by atoms with van der Waals surface area (Å²) < 4.78 is 2.13. The van der Waals surface area contributed by atoms with Gasteiger partial charge in [0.05, 0.1) is 6.61 Å². The second-order valence-electron chi connectivity index (χ2n) is 4.44. The summed E-state index contributed by atoms with van der Waals surface area (Å²) >= 11 is 0. The number of hydrogen-bond donors (Lipinski definition) is 2. The van der Waals surface area contributed by atoms with Crippen LogP contribution in [0.2, 0.25) is 0 Å². The molecule has 1 aromatic rings. The number of hydrogen-bond acceptors (Lipinski definition) is 3. The summed E-state index contributed by atoms with van der Waals surface area (Å²) in [6.45, 7) is 4.92. The fourth-order valence-corrected chi connectivity index (χ4v) is 1.53. The van der Waals surface area contributed by atoms with Crippen molar-refractivity contribution in [3.05, 3.63) is 18.2 Å². The third-order valence-electron chi connectivity index (χ3n) is 2.68. The molecule has 0 aliphatic rings. The van der Waals surface area contributed by atoms with E-state index in [1.165, 1.54) is 0 Å². The number of unbranched alkanes of at least 4 members (excludes halogenated alkanes) is 1. The lowest BCUT2D eigenvalue weighted by molar-refractivity contribution is 0.197. The summed E-state index contributed by atoms with van der Waals surface area (Å²) in [5.41, 5.74) is 5.41. The van der Waals surface area contributed by atoms with E-state index in [0.717, 1.165) is 31.6 Å². The van der Waals surface area contributed by atoms with Crippen LogP contribution in [0.25, 0.3) is 0 Å². The molecule has 1 atom stereocenters. The van der Waals surface area contributed by atoms with Crippen LogP contribution in [-0.4, -0.2) is 26.8 Å². The highest BCUT2D eigenvalue weighted by Crippen LogP contribution is 2.10. The van der Waals surface area contributed by atoms with Gasteiger partial charge in [0.25, 0.3) is 0 Å². The van der Waals surface area contributed by atoms with Crippen LogP contribution in [0.1, 0.15) is 32.0 Å². The van der Waals surface area contributed by atoms with E-state index in [9.17, 15) is 0 Å². The minimum Gasteiger partial charge on any atom is -0.394 e. The van der Waals surface area contributed by atoms with Crippen LogP contribution in [0.3, 0.4) is 0 Å². The number of rotatable bonds is 6. The second kappa shape index (κ2) is 5.28. The maximum Gasteiger partial charge on any atom is 0.105 e. The average Bonchev–Trinajstić information content (AvgIpc) is 2.59. The zero-order valence-corrected chi connectivity index (χ0v) is 9.61. The summed E-state index contributed by atoms with van der Waals surface area (Å²) in [6.07, 6.45) is 6.77. The Morgan fingerprint density at radius 3 is 2.80 bits per heavy atom. The van der Waals surface area contributed by atoms with Crippen LogP contribution in [0.15, 0.2) is 12.4 Å². The van der Waals surface area contributed by atoms with E-state index in [4.69, 9.17) is 10.8 Å². The average molecular weight is 211 g/mol. The van der Waals surface area contributed by atoms with Gasteiger partial charge in [0.2, 0.25) is 0 Å². The van der Waals surface area contributed by atoms with E-state index >= 15 is 0 Å². The van der Waals surface area contributed by atoms with Gasteiger partial charge >= 0.3 is 0 Å². The lowest BCUT2D eigenvalue weighted by Crippen LogP contribution is -2.39. The molecular formula is C11H21N3O. The number of aliphatic hydroxyl groups excluding tert-OH is 1. The van der Waals surface area contributed by atoms with Crippen molar-refractivity contribution in [2.45, 2.75) is 45.2 Å². The maximum atomic E-state index is 8.98. The number of aliphatic hydroxyl groups is 1. The molecule has 4 nitrogen and oxygen atoms in total. The quantitative estimate of drug-likeness (QED) is 0.692. The Labute approximate surface area is 91.1 Å². The maximum absolute atomic E-state index is 8.98. The molecule has 0 saturated heterocycles. The Balaban J connectivity index is 2.20. The molecule has 1 heterocycles. The second-order valence-corrected chi connectivity index (χ2v) is 4.44. The third kappa shape index (κ3) is 4.01. The highest BCUT2D eigenvalue weighted by atomic mass is 16.3. The zero-order chi connectivity index (χ0) is 11.3. The van der Waals surface area contributed by atoms with Crippen molar-refractivity contribution < 1.29 is 5.11 Å². The first kappa shape index (κ1) is 12.2. The van der Waals surface area contributed by atoms with Crippen LogP contribution in [0, 0.1) is 6.92 Å². The van der Waals surface area contributed by atoms with Gasteiger partial charge in [0, 0.05) is 24.5 Å². The number of imidazole rings is 1. The number of nitrogens with two attached hydrogens (primary N) is 1. The minimum absolute atomic E-state index is 0.0527. The predicted molar refractivity (Wildman–Crippen MR) is 60.5 cm³/mol. The van der Waals surface area contributed by atoms with Crippen molar-refractivity contribution in [3.63, 3.8) is 0 Å². The van der Waals surface area contributed by atoms with Gasteiger partial charge in [-0.05, 0) is 33.1 Å². The van der Waals surface area contributed by atoms with Crippen molar-refractivity contribution in [2.24, 2.45) is 5.73 Å². The van der Waals surface area contributed by atoms with E-state index in [0.29, 0.717) is 0 Å². The largest absolute Gasteiger partial charge is 0.394 e. The van der Waals surface area contributed by atoms with Crippen LogP contribution < -0.4 is 5.73 Å². The first-order valence-corrected chi connectivity index (χ1v) is 5.43. The molecule has 0 aliphatic heterocycles. The minimum atomic E-state index is -0.427. The summed E-state index contributed by atoms with van der Waals surface area (Å²) in [7, 11) is 0. The fourth-order valence-electron chi connectivity index (χ4n) is 1.53. The highest BCUT2D eigenvalue weighted by Gasteiger charge is 2.15. The molecule has 1 aromatic heterocycles. The fraction of sp³-hybridized carbons (Fsp3) is 0.727. The summed E-state index contributed by atoms with van der Waals surface area (Å²) in [5.74, 6) is 1.05. The third-order valence-corrected chi connectivity index (χ3v) is 2.68.